The Morgan fingerprint density at radius 2 is 1.70 bits per heavy atom. The molecular weight excluding hydrogens is 376 g/mol. The van der Waals surface area contributed by atoms with Crippen molar-refractivity contribution in [1.29, 1.82) is 0 Å². The molecule has 0 spiro atoms. The van der Waals surface area contributed by atoms with Crippen molar-refractivity contribution < 1.29 is 14.3 Å². The Morgan fingerprint density at radius 3 is 2.47 bits per heavy atom. The first-order chi connectivity index (χ1) is 14.7. The van der Waals surface area contributed by atoms with Crippen LogP contribution in [0.4, 0.5) is 11.4 Å². The molecule has 0 fully saturated rings. The lowest BCUT2D eigenvalue weighted by molar-refractivity contribution is -0.114. The SMILES string of the molecule is COc1ccc(/C=C/C(=O)N2CC(c3ccccc3)Nc3ccccc32)cc1OC. The van der Waals surface area contributed by atoms with Gasteiger partial charge in [0.2, 0.25) is 0 Å². The number of methoxy groups -OCH3 is 2. The van der Waals surface area contributed by atoms with E-state index in [1.165, 1.54) is 0 Å². The molecule has 5 nitrogen and oxygen atoms in total. The van der Waals surface area contributed by atoms with Crippen LogP contribution in [0.1, 0.15) is 17.2 Å². The van der Waals surface area contributed by atoms with Crippen LogP contribution in [0.25, 0.3) is 6.08 Å². The zero-order chi connectivity index (χ0) is 20.9. The van der Waals surface area contributed by atoms with Crippen LogP contribution in [-0.4, -0.2) is 26.7 Å². The minimum Gasteiger partial charge on any atom is -0.493 e. The predicted molar refractivity (Wildman–Crippen MR) is 120 cm³/mol. The van der Waals surface area contributed by atoms with E-state index in [0.29, 0.717) is 18.0 Å². The lowest BCUT2D eigenvalue weighted by atomic mass is 10.0. The van der Waals surface area contributed by atoms with Gasteiger partial charge in [-0.2, -0.15) is 0 Å². The molecule has 0 aliphatic carbocycles. The molecule has 152 valence electrons. The lowest BCUT2D eigenvalue weighted by Crippen LogP contribution is -2.39. The van der Waals surface area contributed by atoms with Crippen molar-refractivity contribution in [2.45, 2.75) is 6.04 Å². The molecule has 1 atom stereocenters. The molecule has 1 amide bonds. The number of ether oxygens (including phenoxy) is 2. The molecule has 3 aromatic carbocycles. The summed E-state index contributed by atoms with van der Waals surface area (Å²) in [6.07, 6.45) is 3.40. The molecule has 5 heteroatoms. The molecule has 1 heterocycles. The van der Waals surface area contributed by atoms with Crippen LogP contribution in [-0.2, 0) is 4.79 Å². The maximum atomic E-state index is 13.1. The second kappa shape index (κ2) is 8.74. The Labute approximate surface area is 176 Å². The van der Waals surface area contributed by atoms with Crippen LogP contribution in [0.15, 0.2) is 78.9 Å². The summed E-state index contributed by atoms with van der Waals surface area (Å²) in [5.41, 5.74) is 3.84. The van der Waals surface area contributed by atoms with Gasteiger partial charge in [-0.25, -0.2) is 0 Å². The van der Waals surface area contributed by atoms with Crippen LogP contribution in [0, 0.1) is 0 Å². The third-order valence-electron chi connectivity index (χ3n) is 5.18. The molecule has 0 aromatic heterocycles. The van der Waals surface area contributed by atoms with E-state index in [1.807, 2.05) is 65.6 Å². The van der Waals surface area contributed by atoms with Crippen LogP contribution in [0.2, 0.25) is 0 Å². The van der Waals surface area contributed by atoms with Crippen molar-refractivity contribution >= 4 is 23.4 Å². The second-order valence-corrected chi connectivity index (χ2v) is 7.02. The van der Waals surface area contributed by atoms with Gasteiger partial charge < -0.3 is 19.7 Å². The average molecular weight is 400 g/mol. The van der Waals surface area contributed by atoms with Gasteiger partial charge in [0.15, 0.2) is 11.5 Å². The first kappa shape index (κ1) is 19.6. The number of benzene rings is 3. The van der Waals surface area contributed by atoms with E-state index in [1.54, 1.807) is 26.4 Å². The zero-order valence-electron chi connectivity index (χ0n) is 17.0. The van der Waals surface area contributed by atoms with Crippen LogP contribution >= 0.6 is 0 Å². The minimum atomic E-state index is -0.0698. The number of para-hydroxylation sites is 2. The van der Waals surface area contributed by atoms with Crippen molar-refractivity contribution in [3.63, 3.8) is 0 Å². The molecule has 4 rings (SSSR count). The van der Waals surface area contributed by atoms with Gasteiger partial charge in [0.25, 0.3) is 5.91 Å². The number of carbonyl (C=O) groups is 1. The summed E-state index contributed by atoms with van der Waals surface area (Å²) in [6.45, 7) is 0.552. The van der Waals surface area contributed by atoms with Crippen molar-refractivity contribution in [3.8, 4) is 11.5 Å². The zero-order valence-corrected chi connectivity index (χ0v) is 17.0. The number of nitrogens with one attached hydrogen (secondary N) is 1. The standard InChI is InChI=1S/C25H24N2O3/c1-29-23-14-12-18(16-24(23)30-2)13-15-25(28)27-17-21(19-8-4-3-5-9-19)26-20-10-6-7-11-22(20)27/h3-16,21,26H,17H2,1-2H3/b15-13+. The maximum Gasteiger partial charge on any atom is 0.251 e. The summed E-state index contributed by atoms with van der Waals surface area (Å²) < 4.78 is 10.6. The Balaban J connectivity index is 1.60. The van der Waals surface area contributed by atoms with Gasteiger partial charge in [-0.3, -0.25) is 4.79 Å². The molecular formula is C25H24N2O3. The molecule has 0 saturated heterocycles. The fourth-order valence-electron chi connectivity index (χ4n) is 3.64. The normalized spacial score (nSPS) is 15.4. The first-order valence-electron chi connectivity index (χ1n) is 9.81. The Bertz CT molecular complexity index is 1060. The van der Waals surface area contributed by atoms with Crippen LogP contribution in [0.3, 0.4) is 0 Å². The van der Waals surface area contributed by atoms with Crippen molar-refractivity contribution in [3.05, 3.63) is 90.0 Å². The number of nitrogens with zero attached hydrogens (tertiary/aromatic N) is 1. The smallest absolute Gasteiger partial charge is 0.251 e. The summed E-state index contributed by atoms with van der Waals surface area (Å²) in [4.78, 5) is 15.0. The van der Waals surface area contributed by atoms with E-state index in [0.717, 1.165) is 22.5 Å². The third kappa shape index (κ3) is 4.01. The summed E-state index contributed by atoms with van der Waals surface area (Å²) in [5.74, 6) is 1.21. The predicted octanol–water partition coefficient (Wildman–Crippen LogP) is 4.92. The molecule has 30 heavy (non-hydrogen) atoms. The average Bonchev–Trinajstić information content (AvgIpc) is 2.82. The van der Waals surface area contributed by atoms with E-state index in [4.69, 9.17) is 9.47 Å². The largest absolute Gasteiger partial charge is 0.493 e. The highest BCUT2D eigenvalue weighted by Gasteiger charge is 2.27. The van der Waals surface area contributed by atoms with Gasteiger partial charge >= 0.3 is 0 Å². The molecule has 1 aliphatic rings. The van der Waals surface area contributed by atoms with E-state index in [9.17, 15) is 4.79 Å². The number of hydrogen-bond donors (Lipinski definition) is 1. The highest BCUT2D eigenvalue weighted by Crippen LogP contribution is 2.36. The van der Waals surface area contributed by atoms with Gasteiger partial charge in [-0.05, 0) is 41.5 Å². The highest BCUT2D eigenvalue weighted by molar-refractivity contribution is 6.06. The number of rotatable bonds is 5. The summed E-state index contributed by atoms with van der Waals surface area (Å²) >= 11 is 0. The fraction of sp³-hybridized carbons (Fsp3) is 0.160. The Hall–Kier alpha value is -3.73. The van der Waals surface area contributed by atoms with Crippen LogP contribution in [0.5, 0.6) is 11.5 Å². The Kier molecular flexibility index (Phi) is 5.70. The van der Waals surface area contributed by atoms with Crippen molar-refractivity contribution in [2.24, 2.45) is 0 Å². The van der Waals surface area contributed by atoms with Gasteiger partial charge in [0.1, 0.15) is 0 Å². The van der Waals surface area contributed by atoms with E-state index >= 15 is 0 Å². The van der Waals surface area contributed by atoms with Gasteiger partial charge in [-0.1, -0.05) is 48.5 Å². The molecule has 0 saturated carbocycles. The lowest BCUT2D eigenvalue weighted by Gasteiger charge is -2.35. The van der Waals surface area contributed by atoms with Gasteiger partial charge in [0.05, 0.1) is 38.2 Å². The number of fused-ring (bicyclic) bond motifs is 1. The van der Waals surface area contributed by atoms with Crippen molar-refractivity contribution in [1.82, 2.24) is 0 Å². The molecule has 1 N–H and O–H groups in total. The maximum absolute atomic E-state index is 13.1. The Morgan fingerprint density at radius 1 is 0.967 bits per heavy atom. The first-order valence-corrected chi connectivity index (χ1v) is 9.81. The number of carbonyl (C=O) groups excluding carboxylic acids is 1. The highest BCUT2D eigenvalue weighted by atomic mass is 16.5. The quantitative estimate of drug-likeness (QED) is 0.618. The fourth-order valence-corrected chi connectivity index (χ4v) is 3.64. The molecule has 1 unspecified atom stereocenters. The summed E-state index contributed by atoms with van der Waals surface area (Å²) in [5, 5.41) is 3.55. The molecule has 1 aliphatic heterocycles. The molecule has 3 aromatic rings. The number of anilines is 2. The summed E-state index contributed by atoms with van der Waals surface area (Å²) in [7, 11) is 3.19. The molecule has 0 bridgehead atoms. The second-order valence-electron chi connectivity index (χ2n) is 7.02. The van der Waals surface area contributed by atoms with E-state index in [2.05, 4.69) is 17.4 Å². The number of amides is 1. The van der Waals surface area contributed by atoms with Crippen LogP contribution < -0.4 is 19.7 Å². The minimum absolute atomic E-state index is 0.0273. The summed E-state index contributed by atoms with van der Waals surface area (Å²) in [6, 6.07) is 23.7. The third-order valence-corrected chi connectivity index (χ3v) is 5.18. The van der Waals surface area contributed by atoms with Gasteiger partial charge in [-0.15, -0.1) is 0 Å². The van der Waals surface area contributed by atoms with E-state index in [-0.39, 0.29) is 11.9 Å². The topological polar surface area (TPSA) is 50.8 Å². The number of hydrogen-bond acceptors (Lipinski definition) is 4. The van der Waals surface area contributed by atoms with E-state index < -0.39 is 0 Å². The molecule has 0 radical (unpaired) electrons. The monoisotopic (exact) mass is 400 g/mol. The van der Waals surface area contributed by atoms with Gasteiger partial charge in [0, 0.05) is 6.08 Å². The van der Waals surface area contributed by atoms with Crippen molar-refractivity contribution in [2.75, 3.05) is 31.0 Å².